The Morgan fingerprint density at radius 2 is 2.00 bits per heavy atom. The van der Waals surface area contributed by atoms with Crippen LogP contribution in [-0.2, 0) is 0 Å². The molecule has 15 heavy (non-hydrogen) atoms. The predicted octanol–water partition coefficient (Wildman–Crippen LogP) is 3.98. The van der Waals surface area contributed by atoms with Crippen LogP contribution in [-0.4, -0.2) is 7.05 Å². The van der Waals surface area contributed by atoms with Crippen LogP contribution < -0.4 is 5.32 Å². The van der Waals surface area contributed by atoms with Crippen LogP contribution in [0.4, 0.5) is 0 Å². The lowest BCUT2D eigenvalue weighted by molar-refractivity contribution is 0.342. The minimum Gasteiger partial charge on any atom is -0.313 e. The number of hydrogen-bond acceptors (Lipinski definition) is 2. The maximum Gasteiger partial charge on any atom is 0.0354 e. The molecule has 1 aromatic heterocycles. The Kier molecular flexibility index (Phi) is 4.21. The standard InChI is InChI=1S/C13H21NS/c1-14-13(12-8-9-15-10-12)11-6-4-2-3-5-7-11/h8-11,13-14H,2-7H2,1H3. The lowest BCUT2D eigenvalue weighted by Gasteiger charge is -2.25. The van der Waals surface area contributed by atoms with Crippen LogP contribution >= 0.6 is 11.3 Å². The Morgan fingerprint density at radius 1 is 1.27 bits per heavy atom. The maximum atomic E-state index is 3.51. The van der Waals surface area contributed by atoms with Crippen molar-refractivity contribution in [3.8, 4) is 0 Å². The molecule has 2 heteroatoms. The number of rotatable bonds is 3. The highest BCUT2D eigenvalue weighted by molar-refractivity contribution is 7.07. The van der Waals surface area contributed by atoms with Gasteiger partial charge in [0.15, 0.2) is 0 Å². The highest BCUT2D eigenvalue weighted by Crippen LogP contribution is 2.33. The summed E-state index contributed by atoms with van der Waals surface area (Å²) in [7, 11) is 2.10. The van der Waals surface area contributed by atoms with Crippen molar-refractivity contribution in [2.24, 2.45) is 5.92 Å². The van der Waals surface area contributed by atoms with Crippen LogP contribution in [0.15, 0.2) is 16.8 Å². The van der Waals surface area contributed by atoms with Crippen LogP contribution in [0.25, 0.3) is 0 Å². The lowest BCUT2D eigenvalue weighted by Crippen LogP contribution is -2.24. The minimum atomic E-state index is 0.592. The van der Waals surface area contributed by atoms with Gasteiger partial charge >= 0.3 is 0 Å². The molecule has 1 atom stereocenters. The molecule has 1 saturated carbocycles. The third-order valence-corrected chi connectivity index (χ3v) is 4.29. The Labute approximate surface area is 96.9 Å². The molecule has 2 rings (SSSR count). The molecular weight excluding hydrogens is 202 g/mol. The van der Waals surface area contributed by atoms with Crippen LogP contribution in [0.1, 0.15) is 50.1 Å². The van der Waals surface area contributed by atoms with Crippen LogP contribution in [0.5, 0.6) is 0 Å². The van der Waals surface area contributed by atoms with Gasteiger partial charge in [-0.3, -0.25) is 0 Å². The minimum absolute atomic E-state index is 0.592. The highest BCUT2D eigenvalue weighted by atomic mass is 32.1. The van der Waals surface area contributed by atoms with E-state index < -0.39 is 0 Å². The first-order valence-electron chi connectivity index (χ1n) is 6.11. The Balaban J connectivity index is 2.04. The van der Waals surface area contributed by atoms with Gasteiger partial charge in [0.05, 0.1) is 0 Å². The SMILES string of the molecule is CNC(c1ccsc1)C1CCCCCC1. The topological polar surface area (TPSA) is 12.0 Å². The second-order valence-electron chi connectivity index (χ2n) is 4.57. The van der Waals surface area contributed by atoms with Gasteiger partial charge in [0.25, 0.3) is 0 Å². The molecule has 1 aliphatic rings. The number of hydrogen-bond donors (Lipinski definition) is 1. The summed E-state index contributed by atoms with van der Waals surface area (Å²) in [6.45, 7) is 0. The van der Waals surface area contributed by atoms with E-state index >= 15 is 0 Å². The second-order valence-corrected chi connectivity index (χ2v) is 5.35. The summed E-state index contributed by atoms with van der Waals surface area (Å²) in [6, 6.07) is 2.87. The van der Waals surface area contributed by atoms with Crippen LogP contribution in [0.3, 0.4) is 0 Å². The van der Waals surface area contributed by atoms with Crippen molar-refractivity contribution >= 4 is 11.3 Å². The first kappa shape index (κ1) is 11.2. The largest absolute Gasteiger partial charge is 0.313 e. The second kappa shape index (κ2) is 5.66. The van der Waals surface area contributed by atoms with Crippen molar-refractivity contribution in [2.75, 3.05) is 7.05 Å². The molecule has 1 aliphatic carbocycles. The third kappa shape index (κ3) is 2.82. The Hall–Kier alpha value is -0.340. The Morgan fingerprint density at radius 3 is 2.53 bits per heavy atom. The van der Waals surface area contributed by atoms with E-state index in [4.69, 9.17) is 0 Å². The van der Waals surface area contributed by atoms with E-state index in [9.17, 15) is 0 Å². The van der Waals surface area contributed by atoms with Gasteiger partial charge in [-0.15, -0.1) is 0 Å². The first-order chi connectivity index (χ1) is 7.42. The number of nitrogens with one attached hydrogen (secondary N) is 1. The molecule has 0 radical (unpaired) electrons. The van der Waals surface area contributed by atoms with E-state index in [2.05, 4.69) is 29.2 Å². The molecule has 84 valence electrons. The maximum absolute atomic E-state index is 3.51. The van der Waals surface area contributed by atoms with Crippen molar-refractivity contribution in [1.29, 1.82) is 0 Å². The van der Waals surface area contributed by atoms with Crippen molar-refractivity contribution < 1.29 is 0 Å². The summed E-state index contributed by atoms with van der Waals surface area (Å²) in [5, 5.41) is 8.00. The molecule has 1 unspecified atom stereocenters. The van der Waals surface area contributed by atoms with Gasteiger partial charge in [-0.05, 0) is 48.2 Å². The van der Waals surface area contributed by atoms with Gasteiger partial charge in [0.1, 0.15) is 0 Å². The quantitative estimate of drug-likeness (QED) is 0.764. The summed E-state index contributed by atoms with van der Waals surface area (Å²) in [6.07, 6.45) is 8.54. The number of thiophene rings is 1. The van der Waals surface area contributed by atoms with Crippen LogP contribution in [0, 0.1) is 5.92 Å². The highest BCUT2D eigenvalue weighted by Gasteiger charge is 2.22. The zero-order chi connectivity index (χ0) is 10.5. The zero-order valence-corrected chi connectivity index (χ0v) is 10.4. The zero-order valence-electron chi connectivity index (χ0n) is 9.54. The normalized spacial score (nSPS) is 21.1. The average Bonchev–Trinajstić information content (AvgIpc) is 2.63. The molecule has 1 aromatic rings. The smallest absolute Gasteiger partial charge is 0.0354 e. The van der Waals surface area contributed by atoms with Crippen molar-refractivity contribution in [1.82, 2.24) is 5.32 Å². The van der Waals surface area contributed by atoms with Gasteiger partial charge in [-0.2, -0.15) is 11.3 Å². The molecule has 1 nitrogen and oxygen atoms in total. The summed E-state index contributed by atoms with van der Waals surface area (Å²) < 4.78 is 0. The van der Waals surface area contributed by atoms with Gasteiger partial charge < -0.3 is 5.32 Å². The predicted molar refractivity (Wildman–Crippen MR) is 67.3 cm³/mol. The van der Waals surface area contributed by atoms with Gasteiger partial charge in [-0.25, -0.2) is 0 Å². The van der Waals surface area contributed by atoms with Gasteiger partial charge in [0.2, 0.25) is 0 Å². The fraction of sp³-hybridized carbons (Fsp3) is 0.692. The van der Waals surface area contributed by atoms with E-state index in [0.29, 0.717) is 6.04 Å². The summed E-state index contributed by atoms with van der Waals surface area (Å²) >= 11 is 1.81. The van der Waals surface area contributed by atoms with E-state index in [1.165, 1.54) is 44.1 Å². The first-order valence-corrected chi connectivity index (χ1v) is 7.05. The molecule has 0 saturated heterocycles. The molecular formula is C13H21NS. The van der Waals surface area contributed by atoms with Gasteiger partial charge in [0, 0.05) is 6.04 Å². The molecule has 1 N–H and O–H groups in total. The fourth-order valence-corrected chi connectivity index (χ4v) is 3.47. The van der Waals surface area contributed by atoms with Crippen molar-refractivity contribution in [3.05, 3.63) is 22.4 Å². The molecule has 0 aromatic carbocycles. The average molecular weight is 223 g/mol. The van der Waals surface area contributed by atoms with E-state index in [1.54, 1.807) is 0 Å². The van der Waals surface area contributed by atoms with E-state index in [-0.39, 0.29) is 0 Å². The summed E-state index contributed by atoms with van der Waals surface area (Å²) in [4.78, 5) is 0. The Bertz CT molecular complexity index is 260. The molecule has 1 heterocycles. The van der Waals surface area contributed by atoms with Crippen molar-refractivity contribution in [2.45, 2.75) is 44.6 Å². The molecule has 1 fully saturated rings. The lowest BCUT2D eigenvalue weighted by atomic mass is 9.88. The summed E-state index contributed by atoms with van der Waals surface area (Å²) in [5.74, 6) is 0.854. The third-order valence-electron chi connectivity index (χ3n) is 3.58. The van der Waals surface area contributed by atoms with E-state index in [1.807, 2.05) is 11.3 Å². The molecule has 0 bridgehead atoms. The monoisotopic (exact) mass is 223 g/mol. The molecule has 0 aliphatic heterocycles. The molecule has 0 amide bonds. The van der Waals surface area contributed by atoms with E-state index in [0.717, 1.165) is 5.92 Å². The van der Waals surface area contributed by atoms with Crippen molar-refractivity contribution in [3.63, 3.8) is 0 Å². The van der Waals surface area contributed by atoms with Gasteiger partial charge in [-0.1, -0.05) is 25.7 Å². The fourth-order valence-electron chi connectivity index (χ4n) is 2.77. The molecule has 0 spiro atoms. The summed E-state index contributed by atoms with van der Waals surface area (Å²) in [5.41, 5.74) is 1.49. The van der Waals surface area contributed by atoms with Crippen LogP contribution in [0.2, 0.25) is 0 Å².